The number of nitrogens with one attached hydrogen (secondary N) is 2. The Morgan fingerprint density at radius 1 is 1.19 bits per heavy atom. The Bertz CT molecular complexity index is 241. The summed E-state index contributed by atoms with van der Waals surface area (Å²) in [4.78, 5) is 22.9. The zero-order chi connectivity index (χ0) is 12.7. The van der Waals surface area contributed by atoms with Crippen LogP contribution in [0.4, 0.5) is 4.79 Å². The molecular weight excluding hydrogens is 208 g/mol. The molecule has 5 heteroatoms. The number of hydrogen-bond donors (Lipinski definition) is 2. The average Bonchev–Trinajstić information content (AvgIpc) is 2.24. The summed E-state index contributed by atoms with van der Waals surface area (Å²) in [5, 5.41) is 5.35. The summed E-state index contributed by atoms with van der Waals surface area (Å²) >= 11 is 0. The second-order valence-corrected chi connectivity index (χ2v) is 4.18. The Labute approximate surface area is 96.9 Å². The quantitative estimate of drug-likeness (QED) is 0.747. The number of alkyl carbamates (subject to hydrolysis) is 1. The number of carbonyl (C=O) groups excluding carboxylic acids is 2. The third kappa shape index (κ3) is 5.00. The summed E-state index contributed by atoms with van der Waals surface area (Å²) < 4.78 is 4.48. The minimum absolute atomic E-state index is 0.0168. The van der Waals surface area contributed by atoms with Crippen molar-refractivity contribution in [1.29, 1.82) is 0 Å². The first-order chi connectivity index (χ1) is 7.42. The van der Waals surface area contributed by atoms with Gasteiger partial charge < -0.3 is 15.4 Å². The molecule has 0 heterocycles. The molecule has 5 nitrogen and oxygen atoms in total. The van der Waals surface area contributed by atoms with Crippen LogP contribution in [0.2, 0.25) is 0 Å². The van der Waals surface area contributed by atoms with Gasteiger partial charge in [0.1, 0.15) is 6.04 Å². The van der Waals surface area contributed by atoms with Gasteiger partial charge in [-0.25, -0.2) is 4.79 Å². The molecule has 94 valence electrons. The van der Waals surface area contributed by atoms with Gasteiger partial charge in [0, 0.05) is 6.04 Å². The Morgan fingerprint density at radius 3 is 2.12 bits per heavy atom. The largest absolute Gasteiger partial charge is 0.453 e. The van der Waals surface area contributed by atoms with Gasteiger partial charge in [-0.15, -0.1) is 0 Å². The molecule has 0 unspecified atom stereocenters. The van der Waals surface area contributed by atoms with Gasteiger partial charge in [0.15, 0.2) is 0 Å². The first kappa shape index (κ1) is 14.7. The van der Waals surface area contributed by atoms with Crippen molar-refractivity contribution < 1.29 is 14.3 Å². The van der Waals surface area contributed by atoms with E-state index in [0.29, 0.717) is 0 Å². The van der Waals surface area contributed by atoms with Crippen LogP contribution in [-0.4, -0.2) is 31.2 Å². The zero-order valence-electron chi connectivity index (χ0n) is 10.7. The molecule has 2 amide bonds. The smallest absolute Gasteiger partial charge is 0.407 e. The number of rotatable bonds is 5. The number of amides is 2. The van der Waals surface area contributed by atoms with Gasteiger partial charge in [-0.2, -0.15) is 0 Å². The van der Waals surface area contributed by atoms with Crippen molar-refractivity contribution in [2.45, 2.75) is 46.2 Å². The fraction of sp³-hybridized carbons (Fsp3) is 0.818. The Balaban J connectivity index is 4.41. The van der Waals surface area contributed by atoms with Crippen molar-refractivity contribution in [2.75, 3.05) is 7.11 Å². The van der Waals surface area contributed by atoms with Crippen LogP contribution in [0.25, 0.3) is 0 Å². The lowest BCUT2D eigenvalue weighted by Crippen LogP contribution is -2.51. The molecule has 0 aromatic heterocycles. The molecule has 0 aliphatic rings. The van der Waals surface area contributed by atoms with Crippen LogP contribution in [0.5, 0.6) is 0 Å². The van der Waals surface area contributed by atoms with E-state index in [1.54, 1.807) is 0 Å². The summed E-state index contributed by atoms with van der Waals surface area (Å²) in [6.45, 7) is 7.66. The van der Waals surface area contributed by atoms with E-state index in [4.69, 9.17) is 0 Å². The third-order valence-electron chi connectivity index (χ3n) is 2.41. The van der Waals surface area contributed by atoms with Crippen LogP contribution in [0.15, 0.2) is 0 Å². The highest BCUT2D eigenvalue weighted by Crippen LogP contribution is 2.03. The maximum absolute atomic E-state index is 11.8. The molecule has 0 radical (unpaired) electrons. The summed E-state index contributed by atoms with van der Waals surface area (Å²) in [6, 6.07) is -0.449. The second kappa shape index (κ2) is 7.09. The molecule has 0 fully saturated rings. The molecular formula is C11H22N2O3. The fourth-order valence-electron chi connectivity index (χ4n) is 1.16. The van der Waals surface area contributed by atoms with E-state index in [0.717, 1.165) is 6.42 Å². The number of ether oxygens (including phenoxy) is 1. The molecule has 0 spiro atoms. The Kier molecular flexibility index (Phi) is 6.53. The molecule has 16 heavy (non-hydrogen) atoms. The van der Waals surface area contributed by atoms with Crippen molar-refractivity contribution in [2.24, 2.45) is 5.92 Å². The van der Waals surface area contributed by atoms with Gasteiger partial charge in [-0.1, -0.05) is 20.8 Å². The third-order valence-corrected chi connectivity index (χ3v) is 2.41. The van der Waals surface area contributed by atoms with Gasteiger partial charge in [0.05, 0.1) is 7.11 Å². The number of hydrogen-bond acceptors (Lipinski definition) is 3. The predicted molar refractivity (Wildman–Crippen MR) is 62.1 cm³/mol. The van der Waals surface area contributed by atoms with Crippen molar-refractivity contribution in [3.05, 3.63) is 0 Å². The molecule has 2 atom stereocenters. The Morgan fingerprint density at radius 2 is 1.75 bits per heavy atom. The van der Waals surface area contributed by atoms with E-state index in [9.17, 15) is 9.59 Å². The van der Waals surface area contributed by atoms with Gasteiger partial charge in [-0.05, 0) is 19.3 Å². The fourth-order valence-corrected chi connectivity index (χ4v) is 1.16. The monoisotopic (exact) mass is 230 g/mol. The van der Waals surface area contributed by atoms with Gasteiger partial charge in [-0.3, -0.25) is 4.79 Å². The van der Waals surface area contributed by atoms with Crippen LogP contribution in [-0.2, 0) is 9.53 Å². The lowest BCUT2D eigenvalue weighted by molar-refractivity contribution is -0.124. The molecule has 0 aliphatic carbocycles. The molecule has 0 aromatic rings. The molecule has 2 N–H and O–H groups in total. The van der Waals surface area contributed by atoms with Crippen LogP contribution >= 0.6 is 0 Å². The minimum atomic E-state index is -0.585. The summed E-state index contributed by atoms with van der Waals surface area (Å²) in [5.41, 5.74) is 0. The van der Waals surface area contributed by atoms with E-state index in [-0.39, 0.29) is 17.9 Å². The van der Waals surface area contributed by atoms with Crippen molar-refractivity contribution in [3.63, 3.8) is 0 Å². The minimum Gasteiger partial charge on any atom is -0.453 e. The van der Waals surface area contributed by atoms with E-state index >= 15 is 0 Å². The first-order valence-electron chi connectivity index (χ1n) is 5.57. The molecule has 0 saturated heterocycles. The summed E-state index contributed by atoms with van der Waals surface area (Å²) in [6.07, 6.45) is 0.271. The van der Waals surface area contributed by atoms with Crippen LogP contribution in [0.1, 0.15) is 34.1 Å². The van der Waals surface area contributed by atoms with Gasteiger partial charge in [0.25, 0.3) is 0 Å². The van der Waals surface area contributed by atoms with E-state index in [1.807, 2.05) is 27.7 Å². The highest BCUT2D eigenvalue weighted by molar-refractivity contribution is 5.86. The molecule has 0 saturated carbocycles. The van der Waals surface area contributed by atoms with Crippen molar-refractivity contribution in [1.82, 2.24) is 10.6 Å². The normalized spacial score (nSPS) is 14.1. The standard InChI is InChI=1S/C11H22N2O3/c1-6-8(4)12-10(14)9(7(2)3)13-11(15)16-5/h7-9H,6H2,1-5H3,(H,12,14)(H,13,15)/t8-,9-/m1/s1. The maximum Gasteiger partial charge on any atom is 0.407 e. The predicted octanol–water partition coefficient (Wildman–Crippen LogP) is 1.28. The first-order valence-corrected chi connectivity index (χ1v) is 5.57. The highest BCUT2D eigenvalue weighted by Gasteiger charge is 2.24. The Hall–Kier alpha value is -1.26. The topological polar surface area (TPSA) is 67.4 Å². The number of methoxy groups -OCH3 is 1. The molecule has 0 aromatic carbocycles. The highest BCUT2D eigenvalue weighted by atomic mass is 16.5. The summed E-state index contributed by atoms with van der Waals surface area (Å²) in [7, 11) is 1.28. The number of carbonyl (C=O) groups is 2. The van der Waals surface area contributed by atoms with Crippen LogP contribution in [0, 0.1) is 5.92 Å². The maximum atomic E-state index is 11.8. The van der Waals surface area contributed by atoms with E-state index in [1.165, 1.54) is 7.11 Å². The zero-order valence-corrected chi connectivity index (χ0v) is 10.7. The van der Waals surface area contributed by atoms with Crippen LogP contribution < -0.4 is 10.6 Å². The van der Waals surface area contributed by atoms with Gasteiger partial charge >= 0.3 is 6.09 Å². The molecule has 0 aliphatic heterocycles. The second-order valence-electron chi connectivity index (χ2n) is 4.18. The lowest BCUT2D eigenvalue weighted by Gasteiger charge is -2.22. The van der Waals surface area contributed by atoms with Crippen LogP contribution in [0.3, 0.4) is 0 Å². The van der Waals surface area contributed by atoms with E-state index < -0.39 is 12.1 Å². The molecule has 0 bridgehead atoms. The van der Waals surface area contributed by atoms with Crippen molar-refractivity contribution in [3.8, 4) is 0 Å². The average molecular weight is 230 g/mol. The lowest BCUT2D eigenvalue weighted by atomic mass is 10.0. The SMILES string of the molecule is CC[C@@H](C)NC(=O)[C@H](NC(=O)OC)C(C)C. The van der Waals surface area contributed by atoms with Crippen molar-refractivity contribution >= 4 is 12.0 Å². The van der Waals surface area contributed by atoms with Gasteiger partial charge in [0.2, 0.25) is 5.91 Å². The van der Waals surface area contributed by atoms with E-state index in [2.05, 4.69) is 15.4 Å². The molecule has 0 rings (SSSR count). The summed E-state index contributed by atoms with van der Waals surface area (Å²) in [5.74, 6) is -0.155.